The molecule has 1 aromatic heterocycles. The predicted molar refractivity (Wildman–Crippen MR) is 131 cm³/mol. The Balaban J connectivity index is 1.60. The molecule has 1 fully saturated rings. The maximum atomic E-state index is 13.5. The van der Waals surface area contributed by atoms with E-state index in [2.05, 4.69) is 29.5 Å². The summed E-state index contributed by atoms with van der Waals surface area (Å²) in [6.45, 7) is 5.87. The molecule has 34 heavy (non-hydrogen) atoms. The minimum Gasteiger partial charge on any atom is -0.497 e. The van der Waals surface area contributed by atoms with Gasteiger partial charge in [-0.05, 0) is 82.5 Å². The summed E-state index contributed by atoms with van der Waals surface area (Å²) in [4.78, 5) is 28.5. The molecule has 0 radical (unpaired) electrons. The minimum atomic E-state index is -0.451. The van der Waals surface area contributed by atoms with Gasteiger partial charge in [0.1, 0.15) is 5.75 Å². The highest BCUT2D eigenvalue weighted by atomic mass is 35.5. The Morgan fingerprint density at radius 3 is 2.41 bits per heavy atom. The maximum Gasteiger partial charge on any atom is 0.278 e. The first kappa shape index (κ1) is 23.8. The van der Waals surface area contributed by atoms with Crippen molar-refractivity contribution in [1.82, 2.24) is 19.9 Å². The van der Waals surface area contributed by atoms with Gasteiger partial charge in [-0.15, -0.1) is 5.10 Å². The Bertz CT molecular complexity index is 1200. The van der Waals surface area contributed by atoms with Crippen molar-refractivity contribution in [2.24, 2.45) is 0 Å². The van der Waals surface area contributed by atoms with Gasteiger partial charge in [-0.2, -0.15) is 0 Å². The van der Waals surface area contributed by atoms with Crippen LogP contribution in [0.15, 0.2) is 42.5 Å². The molecule has 2 amide bonds. The van der Waals surface area contributed by atoms with E-state index in [-0.39, 0.29) is 23.7 Å². The molecular formula is C25H28ClN5O3. The Hall–Kier alpha value is -3.39. The summed E-state index contributed by atoms with van der Waals surface area (Å²) in [5.74, 6) is 0.126. The number of methoxy groups -OCH3 is 1. The quantitative estimate of drug-likeness (QED) is 0.560. The van der Waals surface area contributed by atoms with Gasteiger partial charge in [0.25, 0.3) is 11.8 Å². The molecule has 2 heterocycles. The van der Waals surface area contributed by atoms with Crippen LogP contribution in [0.4, 0.5) is 5.69 Å². The first-order valence-corrected chi connectivity index (χ1v) is 11.7. The lowest BCUT2D eigenvalue weighted by Gasteiger charge is -2.39. The van der Waals surface area contributed by atoms with E-state index in [1.165, 1.54) is 0 Å². The van der Waals surface area contributed by atoms with Gasteiger partial charge in [0.05, 0.1) is 29.7 Å². The summed E-state index contributed by atoms with van der Waals surface area (Å²) in [5.41, 5.74) is 2.25. The molecule has 1 aliphatic heterocycles. The summed E-state index contributed by atoms with van der Waals surface area (Å²) in [6.07, 6.45) is 2.99. The molecule has 178 valence electrons. The summed E-state index contributed by atoms with van der Waals surface area (Å²) in [7, 11) is 1.60. The van der Waals surface area contributed by atoms with E-state index in [1.807, 2.05) is 29.2 Å². The van der Waals surface area contributed by atoms with Crippen LogP contribution in [0.1, 0.15) is 59.7 Å². The van der Waals surface area contributed by atoms with Crippen molar-refractivity contribution in [3.05, 3.63) is 64.4 Å². The number of anilines is 1. The number of carbonyl (C=O) groups is 2. The van der Waals surface area contributed by atoms with Crippen molar-refractivity contribution in [3.63, 3.8) is 0 Å². The normalized spacial score (nSPS) is 18.0. The average Bonchev–Trinajstić information content (AvgIpc) is 3.21. The number of piperidine rings is 1. The highest BCUT2D eigenvalue weighted by Crippen LogP contribution is 2.29. The molecule has 3 aromatic rings. The summed E-state index contributed by atoms with van der Waals surface area (Å²) in [6, 6.07) is 12.4. The number of ether oxygens (including phenoxy) is 1. The minimum absolute atomic E-state index is 0.116. The molecule has 0 spiro atoms. The Morgan fingerprint density at radius 1 is 1.09 bits per heavy atom. The van der Waals surface area contributed by atoms with Crippen molar-refractivity contribution in [1.29, 1.82) is 0 Å². The first-order chi connectivity index (χ1) is 16.3. The third-order valence-electron chi connectivity index (χ3n) is 6.31. The highest BCUT2D eigenvalue weighted by molar-refractivity contribution is 6.31. The highest BCUT2D eigenvalue weighted by Gasteiger charge is 2.31. The van der Waals surface area contributed by atoms with E-state index in [9.17, 15) is 9.59 Å². The third kappa shape index (κ3) is 4.63. The number of amides is 2. The lowest BCUT2D eigenvalue weighted by atomic mass is 9.96. The molecule has 1 N–H and O–H groups in total. The fourth-order valence-electron chi connectivity index (χ4n) is 4.45. The third-order valence-corrected chi connectivity index (χ3v) is 6.55. The average molecular weight is 482 g/mol. The second kappa shape index (κ2) is 9.85. The van der Waals surface area contributed by atoms with E-state index in [0.29, 0.717) is 22.0 Å². The van der Waals surface area contributed by atoms with Gasteiger partial charge in [-0.25, -0.2) is 4.68 Å². The van der Waals surface area contributed by atoms with Crippen LogP contribution in [0.3, 0.4) is 0 Å². The Labute approximate surface area is 203 Å². The predicted octanol–water partition coefficient (Wildman–Crippen LogP) is 4.89. The number of carbonyl (C=O) groups excluding carboxylic acids is 2. The molecule has 4 rings (SSSR count). The standard InChI is InChI=1S/C25H28ClN5O3/c1-15-6-5-7-16(2)30(15)25(33)21-14-18(26)8-13-22(21)27-24(32)23-17(3)31(29-28-23)19-9-11-20(34-4)12-10-19/h8-16H,5-7H2,1-4H3,(H,27,32). The van der Waals surface area contributed by atoms with Crippen molar-refractivity contribution < 1.29 is 14.3 Å². The van der Waals surface area contributed by atoms with Crippen molar-refractivity contribution in [3.8, 4) is 11.4 Å². The molecule has 0 aliphatic carbocycles. The molecule has 2 aromatic carbocycles. The zero-order chi connectivity index (χ0) is 24.4. The van der Waals surface area contributed by atoms with E-state index < -0.39 is 5.91 Å². The zero-order valence-corrected chi connectivity index (χ0v) is 20.5. The molecule has 0 bridgehead atoms. The fraction of sp³-hybridized carbons (Fsp3) is 0.360. The number of nitrogens with one attached hydrogen (secondary N) is 1. The van der Waals surface area contributed by atoms with Crippen LogP contribution >= 0.6 is 11.6 Å². The van der Waals surface area contributed by atoms with Crippen LogP contribution in [0.25, 0.3) is 5.69 Å². The van der Waals surface area contributed by atoms with Gasteiger partial charge in [-0.1, -0.05) is 16.8 Å². The molecule has 0 saturated carbocycles. The van der Waals surface area contributed by atoms with E-state index >= 15 is 0 Å². The second-order valence-corrected chi connectivity index (χ2v) is 9.06. The molecule has 2 atom stereocenters. The first-order valence-electron chi connectivity index (χ1n) is 11.3. The number of hydrogen-bond acceptors (Lipinski definition) is 5. The van der Waals surface area contributed by atoms with Crippen molar-refractivity contribution >= 4 is 29.1 Å². The summed E-state index contributed by atoms with van der Waals surface area (Å²) in [5, 5.41) is 11.5. The Kier molecular flexibility index (Phi) is 6.88. The maximum absolute atomic E-state index is 13.5. The van der Waals surface area contributed by atoms with Crippen LogP contribution in [0.2, 0.25) is 5.02 Å². The SMILES string of the molecule is COc1ccc(-n2nnc(C(=O)Nc3ccc(Cl)cc3C(=O)N3C(C)CCCC3C)c2C)cc1. The number of aromatic nitrogens is 3. The summed E-state index contributed by atoms with van der Waals surface area (Å²) >= 11 is 6.23. The van der Waals surface area contributed by atoms with E-state index in [0.717, 1.165) is 30.7 Å². The lowest BCUT2D eigenvalue weighted by Crippen LogP contribution is -2.47. The lowest BCUT2D eigenvalue weighted by molar-refractivity contribution is 0.0512. The van der Waals surface area contributed by atoms with Gasteiger partial charge in [-0.3, -0.25) is 9.59 Å². The van der Waals surface area contributed by atoms with Gasteiger partial charge >= 0.3 is 0 Å². The zero-order valence-electron chi connectivity index (χ0n) is 19.7. The number of halogens is 1. The molecular weight excluding hydrogens is 454 g/mol. The van der Waals surface area contributed by atoms with Crippen LogP contribution in [-0.2, 0) is 0 Å². The molecule has 2 unspecified atom stereocenters. The number of hydrogen-bond donors (Lipinski definition) is 1. The van der Waals surface area contributed by atoms with Crippen molar-refractivity contribution in [2.45, 2.75) is 52.1 Å². The Morgan fingerprint density at radius 2 is 1.76 bits per heavy atom. The smallest absolute Gasteiger partial charge is 0.278 e. The van der Waals surface area contributed by atoms with E-state index in [4.69, 9.17) is 16.3 Å². The van der Waals surface area contributed by atoms with Gasteiger partial charge in [0.2, 0.25) is 0 Å². The molecule has 9 heteroatoms. The summed E-state index contributed by atoms with van der Waals surface area (Å²) < 4.78 is 6.77. The van der Waals surface area contributed by atoms with Crippen LogP contribution < -0.4 is 10.1 Å². The van der Waals surface area contributed by atoms with Crippen LogP contribution in [0.5, 0.6) is 5.75 Å². The van der Waals surface area contributed by atoms with Gasteiger partial charge in [0.15, 0.2) is 5.69 Å². The largest absolute Gasteiger partial charge is 0.497 e. The fourth-order valence-corrected chi connectivity index (χ4v) is 4.62. The molecule has 8 nitrogen and oxygen atoms in total. The van der Waals surface area contributed by atoms with Gasteiger partial charge in [0, 0.05) is 17.1 Å². The van der Waals surface area contributed by atoms with Crippen LogP contribution in [-0.4, -0.2) is 50.9 Å². The topological polar surface area (TPSA) is 89.3 Å². The molecule has 1 aliphatic rings. The number of nitrogens with zero attached hydrogens (tertiary/aromatic N) is 4. The number of rotatable bonds is 5. The monoisotopic (exact) mass is 481 g/mol. The van der Waals surface area contributed by atoms with E-state index in [1.54, 1.807) is 36.9 Å². The van der Waals surface area contributed by atoms with Crippen LogP contribution in [0, 0.1) is 6.92 Å². The van der Waals surface area contributed by atoms with Crippen molar-refractivity contribution in [2.75, 3.05) is 12.4 Å². The number of likely N-dealkylation sites (tertiary alicyclic amines) is 1. The second-order valence-electron chi connectivity index (χ2n) is 8.62. The molecule has 1 saturated heterocycles. The number of benzene rings is 2. The van der Waals surface area contributed by atoms with Gasteiger partial charge < -0.3 is 15.0 Å².